The van der Waals surface area contributed by atoms with Crippen LogP contribution in [0.1, 0.15) is 31.4 Å². The highest BCUT2D eigenvalue weighted by atomic mass is 35.5. The van der Waals surface area contributed by atoms with Crippen LogP contribution in [0.2, 0.25) is 5.02 Å². The summed E-state index contributed by atoms with van der Waals surface area (Å²) in [6, 6.07) is 2.02. The number of halogens is 1. The summed E-state index contributed by atoms with van der Waals surface area (Å²) in [6.45, 7) is 1.92. The van der Waals surface area contributed by atoms with Gasteiger partial charge in [-0.1, -0.05) is 11.6 Å². The number of nitrogens with zero attached hydrogens (tertiary/aromatic N) is 3. The first-order valence-corrected chi connectivity index (χ1v) is 9.10. The van der Waals surface area contributed by atoms with Crippen LogP contribution in [0.5, 0.6) is 0 Å². The number of nitrogens with one attached hydrogen (secondary N) is 2. The van der Waals surface area contributed by atoms with Gasteiger partial charge in [-0.05, 0) is 43.8 Å². The summed E-state index contributed by atoms with van der Waals surface area (Å²) in [5.74, 6) is 0.987. The van der Waals surface area contributed by atoms with Gasteiger partial charge in [0, 0.05) is 12.5 Å². The number of rotatable bonds is 5. The molecular weight excluding hydrogens is 364 g/mol. The molecule has 0 saturated heterocycles. The van der Waals surface area contributed by atoms with Gasteiger partial charge in [-0.3, -0.25) is 0 Å². The fourth-order valence-corrected chi connectivity index (χ4v) is 3.60. The Kier molecular flexibility index (Phi) is 5.54. The maximum absolute atomic E-state index is 10.9. The number of primary amides is 1. The SMILES string of the molecule is Cc1cc(Nc2ncc(Cl)c(NC3CCCC(OC(N)=O)C3)n2)sn1. The molecule has 1 aliphatic rings. The molecule has 0 aliphatic heterocycles. The Morgan fingerprint density at radius 1 is 1.48 bits per heavy atom. The van der Waals surface area contributed by atoms with Crippen LogP contribution < -0.4 is 16.4 Å². The van der Waals surface area contributed by atoms with Crippen molar-refractivity contribution in [3.05, 3.63) is 23.0 Å². The molecular formula is C15H19ClN6O2S. The zero-order valence-electron chi connectivity index (χ0n) is 13.7. The topological polar surface area (TPSA) is 115 Å². The molecule has 1 fully saturated rings. The van der Waals surface area contributed by atoms with Gasteiger partial charge in [-0.15, -0.1) is 0 Å². The van der Waals surface area contributed by atoms with Crippen LogP contribution >= 0.6 is 23.1 Å². The van der Waals surface area contributed by atoms with E-state index in [-0.39, 0.29) is 12.1 Å². The van der Waals surface area contributed by atoms with Gasteiger partial charge in [0.05, 0.1) is 11.9 Å². The van der Waals surface area contributed by atoms with E-state index in [1.165, 1.54) is 11.5 Å². The maximum atomic E-state index is 10.9. The molecule has 0 bridgehead atoms. The smallest absolute Gasteiger partial charge is 0.404 e. The van der Waals surface area contributed by atoms with E-state index in [9.17, 15) is 4.79 Å². The number of carbonyl (C=O) groups excluding carboxylic acids is 1. The van der Waals surface area contributed by atoms with Crippen molar-refractivity contribution in [3.63, 3.8) is 0 Å². The first kappa shape index (κ1) is 17.7. The van der Waals surface area contributed by atoms with Crippen molar-refractivity contribution < 1.29 is 9.53 Å². The quantitative estimate of drug-likeness (QED) is 0.725. The van der Waals surface area contributed by atoms with Crippen LogP contribution in [0.4, 0.5) is 21.6 Å². The molecule has 2 aromatic rings. The molecule has 2 aromatic heterocycles. The normalized spacial score (nSPS) is 20.1. The summed E-state index contributed by atoms with van der Waals surface area (Å²) in [6.07, 6.45) is 3.99. The summed E-state index contributed by atoms with van der Waals surface area (Å²) < 4.78 is 9.32. The second-order valence-electron chi connectivity index (χ2n) is 5.91. The lowest BCUT2D eigenvalue weighted by Crippen LogP contribution is -2.34. The van der Waals surface area contributed by atoms with E-state index in [0.717, 1.165) is 30.0 Å². The fourth-order valence-electron chi connectivity index (χ4n) is 2.80. The lowest BCUT2D eigenvalue weighted by atomic mass is 9.93. The lowest BCUT2D eigenvalue weighted by Gasteiger charge is -2.29. The fraction of sp³-hybridized carbons (Fsp3) is 0.467. The van der Waals surface area contributed by atoms with Gasteiger partial charge in [-0.2, -0.15) is 9.36 Å². The van der Waals surface area contributed by atoms with Gasteiger partial charge in [0.1, 0.15) is 16.1 Å². The molecule has 3 rings (SSSR count). The Morgan fingerprint density at radius 2 is 2.32 bits per heavy atom. The number of aromatic nitrogens is 3. The van der Waals surface area contributed by atoms with Gasteiger partial charge in [-0.25, -0.2) is 9.78 Å². The van der Waals surface area contributed by atoms with Crippen molar-refractivity contribution in [1.82, 2.24) is 14.3 Å². The highest BCUT2D eigenvalue weighted by Crippen LogP contribution is 2.28. The van der Waals surface area contributed by atoms with Crippen molar-refractivity contribution in [2.24, 2.45) is 5.73 Å². The van der Waals surface area contributed by atoms with E-state index in [1.807, 2.05) is 13.0 Å². The standard InChI is InChI=1S/C15H19ClN6O2S/c1-8-5-12(25-22-8)20-15-18-7-11(16)13(21-15)19-9-3-2-4-10(6-9)24-14(17)23/h5,7,9-10H,2-4,6H2,1H3,(H2,17,23)(H2,18,19,20,21). The Bertz CT molecular complexity index is 755. The second-order valence-corrected chi connectivity index (χ2v) is 7.13. The Morgan fingerprint density at radius 3 is 3.04 bits per heavy atom. The van der Waals surface area contributed by atoms with Crippen molar-refractivity contribution >= 4 is 46.0 Å². The van der Waals surface area contributed by atoms with Crippen LogP contribution in [-0.4, -0.2) is 32.6 Å². The molecule has 0 aromatic carbocycles. The van der Waals surface area contributed by atoms with Crippen LogP contribution in [0.25, 0.3) is 0 Å². The number of hydrogen-bond donors (Lipinski definition) is 3. The number of aryl methyl sites for hydroxylation is 1. The Balaban J connectivity index is 1.67. The van der Waals surface area contributed by atoms with E-state index in [0.29, 0.717) is 23.2 Å². The molecule has 2 heterocycles. The number of hydrogen-bond acceptors (Lipinski definition) is 8. The van der Waals surface area contributed by atoms with Crippen LogP contribution in [-0.2, 0) is 4.74 Å². The molecule has 8 nitrogen and oxygen atoms in total. The molecule has 10 heteroatoms. The Hall–Kier alpha value is -2.13. The molecule has 2 unspecified atom stereocenters. The minimum Gasteiger partial charge on any atom is -0.446 e. The van der Waals surface area contributed by atoms with E-state index < -0.39 is 6.09 Å². The van der Waals surface area contributed by atoms with Crippen LogP contribution in [0, 0.1) is 6.92 Å². The Labute approximate surface area is 154 Å². The summed E-state index contributed by atoms with van der Waals surface area (Å²) in [4.78, 5) is 19.6. The molecule has 25 heavy (non-hydrogen) atoms. The summed E-state index contributed by atoms with van der Waals surface area (Å²) in [5, 5.41) is 7.72. The van der Waals surface area contributed by atoms with Crippen molar-refractivity contribution in [3.8, 4) is 0 Å². The van der Waals surface area contributed by atoms with E-state index in [4.69, 9.17) is 22.1 Å². The number of ether oxygens (including phenoxy) is 1. The van der Waals surface area contributed by atoms with Crippen LogP contribution in [0.15, 0.2) is 12.3 Å². The first-order valence-electron chi connectivity index (χ1n) is 7.95. The third-order valence-corrected chi connectivity index (χ3v) is 4.93. The van der Waals surface area contributed by atoms with Gasteiger partial charge in [0.15, 0.2) is 5.82 Å². The molecule has 1 saturated carbocycles. The second kappa shape index (κ2) is 7.83. The monoisotopic (exact) mass is 382 g/mol. The van der Waals surface area contributed by atoms with E-state index in [2.05, 4.69) is 25.0 Å². The number of anilines is 3. The molecule has 2 atom stereocenters. The molecule has 0 spiro atoms. The van der Waals surface area contributed by atoms with Crippen molar-refractivity contribution in [2.75, 3.05) is 10.6 Å². The van der Waals surface area contributed by atoms with Gasteiger partial charge in [0.2, 0.25) is 5.95 Å². The largest absolute Gasteiger partial charge is 0.446 e. The number of nitrogens with two attached hydrogens (primary N) is 1. The predicted molar refractivity (Wildman–Crippen MR) is 97.5 cm³/mol. The highest BCUT2D eigenvalue weighted by Gasteiger charge is 2.25. The lowest BCUT2D eigenvalue weighted by molar-refractivity contribution is 0.0796. The first-order chi connectivity index (χ1) is 12.0. The zero-order chi connectivity index (χ0) is 17.8. The third-order valence-electron chi connectivity index (χ3n) is 3.86. The molecule has 1 amide bonds. The summed E-state index contributed by atoms with van der Waals surface area (Å²) in [7, 11) is 0. The van der Waals surface area contributed by atoms with Crippen LogP contribution in [0.3, 0.4) is 0 Å². The third kappa shape index (κ3) is 4.93. The molecule has 1 aliphatic carbocycles. The van der Waals surface area contributed by atoms with Gasteiger partial charge < -0.3 is 21.1 Å². The van der Waals surface area contributed by atoms with Gasteiger partial charge >= 0.3 is 6.09 Å². The van der Waals surface area contributed by atoms with Crippen molar-refractivity contribution in [1.29, 1.82) is 0 Å². The molecule has 0 radical (unpaired) electrons. The molecule has 134 valence electrons. The zero-order valence-corrected chi connectivity index (χ0v) is 15.2. The summed E-state index contributed by atoms with van der Waals surface area (Å²) in [5.41, 5.74) is 6.04. The predicted octanol–water partition coefficient (Wildman–Crippen LogP) is 3.46. The number of amides is 1. The van der Waals surface area contributed by atoms with E-state index >= 15 is 0 Å². The minimum atomic E-state index is -0.739. The summed E-state index contributed by atoms with van der Waals surface area (Å²) >= 11 is 7.55. The minimum absolute atomic E-state index is 0.101. The highest BCUT2D eigenvalue weighted by molar-refractivity contribution is 7.10. The average molecular weight is 383 g/mol. The number of carbonyl (C=O) groups is 1. The average Bonchev–Trinajstić information content (AvgIpc) is 2.95. The van der Waals surface area contributed by atoms with Crippen molar-refractivity contribution in [2.45, 2.75) is 44.8 Å². The molecule has 4 N–H and O–H groups in total. The van der Waals surface area contributed by atoms with E-state index in [1.54, 1.807) is 6.20 Å². The van der Waals surface area contributed by atoms with Gasteiger partial charge in [0.25, 0.3) is 0 Å². The maximum Gasteiger partial charge on any atom is 0.404 e.